The molecule has 1 N–H and O–H groups in total. The van der Waals surface area contributed by atoms with Crippen molar-refractivity contribution >= 4 is 5.97 Å². The van der Waals surface area contributed by atoms with E-state index in [4.69, 9.17) is 9.52 Å². The zero-order chi connectivity index (χ0) is 12.4. The Morgan fingerprint density at radius 3 is 2.53 bits per heavy atom. The quantitative estimate of drug-likeness (QED) is 0.878. The van der Waals surface area contributed by atoms with Crippen molar-refractivity contribution in [3.63, 3.8) is 0 Å². The van der Waals surface area contributed by atoms with Crippen LogP contribution in [0.5, 0.6) is 0 Å². The minimum Gasteiger partial charge on any atom is -0.475 e. The van der Waals surface area contributed by atoms with Gasteiger partial charge in [-0.3, -0.25) is 0 Å². The summed E-state index contributed by atoms with van der Waals surface area (Å²) < 4.78 is 5.32. The second-order valence-corrected chi connectivity index (χ2v) is 4.09. The normalized spacial score (nSPS) is 12.4. The summed E-state index contributed by atoms with van der Waals surface area (Å²) in [5.41, 5.74) is 2.33. The minimum absolute atomic E-state index is 0.0135. The number of benzene rings is 1. The Bertz CT molecular complexity index is 540. The van der Waals surface area contributed by atoms with Gasteiger partial charge in [-0.1, -0.05) is 31.2 Å². The third kappa shape index (κ3) is 2.23. The molecule has 0 saturated heterocycles. The highest BCUT2D eigenvalue weighted by Crippen LogP contribution is 2.27. The maximum absolute atomic E-state index is 10.7. The first kappa shape index (κ1) is 11.5. The van der Waals surface area contributed by atoms with E-state index in [-0.39, 0.29) is 11.7 Å². The lowest BCUT2D eigenvalue weighted by atomic mass is 9.95. The maximum atomic E-state index is 10.7. The van der Waals surface area contributed by atoms with E-state index in [9.17, 15) is 4.79 Å². The average molecular weight is 230 g/mol. The number of aryl methyl sites for hydroxylation is 1. The molecule has 1 unspecified atom stereocenters. The van der Waals surface area contributed by atoms with Crippen LogP contribution in [0.15, 0.2) is 40.8 Å². The van der Waals surface area contributed by atoms with Gasteiger partial charge in [0.25, 0.3) is 0 Å². The number of aromatic carboxylic acids is 1. The van der Waals surface area contributed by atoms with Crippen LogP contribution in [0.2, 0.25) is 0 Å². The fourth-order valence-corrected chi connectivity index (χ4v) is 1.93. The number of rotatable bonds is 3. The summed E-state index contributed by atoms with van der Waals surface area (Å²) in [6.45, 7) is 4.04. The summed E-state index contributed by atoms with van der Waals surface area (Å²) >= 11 is 0. The van der Waals surface area contributed by atoms with E-state index >= 15 is 0 Å². The number of hydrogen-bond donors (Lipinski definition) is 1. The Balaban J connectivity index is 2.34. The van der Waals surface area contributed by atoms with E-state index in [0.29, 0.717) is 5.76 Å². The van der Waals surface area contributed by atoms with Crippen molar-refractivity contribution in [2.75, 3.05) is 0 Å². The van der Waals surface area contributed by atoms with E-state index in [1.807, 2.05) is 38.1 Å². The lowest BCUT2D eigenvalue weighted by molar-refractivity contribution is 0.0660. The van der Waals surface area contributed by atoms with Gasteiger partial charge in [0.15, 0.2) is 0 Å². The van der Waals surface area contributed by atoms with Gasteiger partial charge in [0.2, 0.25) is 5.76 Å². The van der Waals surface area contributed by atoms with Crippen LogP contribution in [0, 0.1) is 6.92 Å². The third-order valence-electron chi connectivity index (χ3n) is 2.92. The fraction of sp³-hybridized carbons (Fsp3) is 0.214. The highest BCUT2D eigenvalue weighted by atomic mass is 16.4. The molecule has 0 aliphatic heterocycles. The highest BCUT2D eigenvalue weighted by Gasteiger charge is 2.16. The maximum Gasteiger partial charge on any atom is 0.371 e. The van der Waals surface area contributed by atoms with Crippen molar-refractivity contribution in [3.05, 3.63) is 59.0 Å². The van der Waals surface area contributed by atoms with Crippen molar-refractivity contribution in [2.24, 2.45) is 0 Å². The molecule has 0 fully saturated rings. The van der Waals surface area contributed by atoms with E-state index in [1.54, 1.807) is 6.07 Å². The molecule has 17 heavy (non-hydrogen) atoms. The van der Waals surface area contributed by atoms with Gasteiger partial charge in [-0.25, -0.2) is 4.79 Å². The zero-order valence-electron chi connectivity index (χ0n) is 9.81. The van der Waals surface area contributed by atoms with Crippen molar-refractivity contribution in [3.8, 4) is 0 Å². The van der Waals surface area contributed by atoms with E-state index < -0.39 is 5.97 Å². The summed E-state index contributed by atoms with van der Waals surface area (Å²) in [5, 5.41) is 8.81. The Hall–Kier alpha value is -2.03. The molecular formula is C14H14O3. The van der Waals surface area contributed by atoms with Crippen molar-refractivity contribution in [2.45, 2.75) is 19.8 Å². The molecule has 2 aromatic rings. The van der Waals surface area contributed by atoms with E-state index in [0.717, 1.165) is 5.56 Å². The minimum atomic E-state index is -1.03. The molecule has 0 amide bonds. The summed E-state index contributed by atoms with van der Waals surface area (Å²) in [7, 11) is 0. The molecule has 3 nitrogen and oxygen atoms in total. The van der Waals surface area contributed by atoms with Crippen LogP contribution in [-0.4, -0.2) is 11.1 Å². The van der Waals surface area contributed by atoms with Crippen LogP contribution < -0.4 is 0 Å². The number of hydrogen-bond acceptors (Lipinski definition) is 2. The first-order valence-corrected chi connectivity index (χ1v) is 5.48. The van der Waals surface area contributed by atoms with Crippen LogP contribution in [0.3, 0.4) is 0 Å². The van der Waals surface area contributed by atoms with Gasteiger partial charge in [0, 0.05) is 5.92 Å². The lowest BCUT2D eigenvalue weighted by Crippen LogP contribution is -1.97. The molecule has 1 aromatic carbocycles. The average Bonchev–Trinajstić information content (AvgIpc) is 2.78. The van der Waals surface area contributed by atoms with Crippen LogP contribution in [0.25, 0.3) is 0 Å². The molecule has 0 saturated carbocycles. The first-order chi connectivity index (χ1) is 8.09. The number of carbonyl (C=O) groups is 1. The molecule has 0 spiro atoms. The van der Waals surface area contributed by atoms with Crippen LogP contribution >= 0.6 is 0 Å². The molecule has 2 rings (SSSR count). The molecule has 0 radical (unpaired) electrons. The molecule has 0 aliphatic rings. The Kier molecular flexibility index (Phi) is 3.00. The largest absolute Gasteiger partial charge is 0.475 e. The van der Waals surface area contributed by atoms with Gasteiger partial charge in [0.1, 0.15) is 5.76 Å². The predicted molar refractivity (Wildman–Crippen MR) is 64.4 cm³/mol. The topological polar surface area (TPSA) is 50.4 Å². The number of carboxylic acid groups (broad SMARTS) is 1. The van der Waals surface area contributed by atoms with Gasteiger partial charge in [-0.2, -0.15) is 0 Å². The van der Waals surface area contributed by atoms with Gasteiger partial charge in [-0.15, -0.1) is 0 Å². The summed E-state index contributed by atoms with van der Waals surface area (Å²) in [6.07, 6.45) is 0. The van der Waals surface area contributed by atoms with E-state index in [1.165, 1.54) is 11.6 Å². The van der Waals surface area contributed by atoms with Gasteiger partial charge >= 0.3 is 5.97 Å². The second kappa shape index (κ2) is 4.45. The third-order valence-corrected chi connectivity index (χ3v) is 2.92. The zero-order valence-corrected chi connectivity index (χ0v) is 9.81. The van der Waals surface area contributed by atoms with Crippen LogP contribution in [0.1, 0.15) is 40.3 Å². The molecular weight excluding hydrogens is 216 g/mol. The second-order valence-electron chi connectivity index (χ2n) is 4.09. The highest BCUT2D eigenvalue weighted by molar-refractivity contribution is 5.84. The van der Waals surface area contributed by atoms with Gasteiger partial charge < -0.3 is 9.52 Å². The Morgan fingerprint density at radius 1 is 1.24 bits per heavy atom. The monoisotopic (exact) mass is 230 g/mol. The molecule has 88 valence electrons. The van der Waals surface area contributed by atoms with Gasteiger partial charge in [-0.05, 0) is 30.2 Å². The molecule has 0 aliphatic carbocycles. The molecule has 0 bridgehead atoms. The summed E-state index contributed by atoms with van der Waals surface area (Å²) in [4.78, 5) is 10.7. The fourth-order valence-electron chi connectivity index (χ4n) is 1.93. The molecule has 1 atom stereocenters. The molecule has 1 aromatic heterocycles. The van der Waals surface area contributed by atoms with E-state index in [2.05, 4.69) is 0 Å². The predicted octanol–water partition coefficient (Wildman–Crippen LogP) is 3.44. The van der Waals surface area contributed by atoms with Crippen LogP contribution in [-0.2, 0) is 0 Å². The van der Waals surface area contributed by atoms with Crippen molar-refractivity contribution in [1.29, 1.82) is 0 Å². The number of carboxylic acids is 1. The summed E-state index contributed by atoms with van der Waals surface area (Å²) in [6, 6.07) is 11.2. The molecule has 3 heteroatoms. The standard InChI is InChI=1S/C14H14O3/c1-9-5-3-4-6-11(9)10(2)12-7-8-13(17-12)14(15)16/h3-8,10H,1-2H3,(H,15,16). The SMILES string of the molecule is Cc1ccccc1C(C)c1ccc(C(=O)O)o1. The van der Waals surface area contributed by atoms with Crippen LogP contribution in [0.4, 0.5) is 0 Å². The molecule has 1 heterocycles. The lowest BCUT2D eigenvalue weighted by Gasteiger charge is -2.11. The summed E-state index contributed by atoms with van der Waals surface area (Å²) in [5.74, 6) is -0.310. The smallest absolute Gasteiger partial charge is 0.371 e. The van der Waals surface area contributed by atoms with Crippen molar-refractivity contribution in [1.82, 2.24) is 0 Å². The van der Waals surface area contributed by atoms with Crippen molar-refractivity contribution < 1.29 is 14.3 Å². The Morgan fingerprint density at radius 2 is 1.94 bits per heavy atom. The number of furan rings is 1. The van der Waals surface area contributed by atoms with Gasteiger partial charge in [0.05, 0.1) is 0 Å². The Labute approximate surface area is 99.7 Å². The first-order valence-electron chi connectivity index (χ1n) is 5.48.